The summed E-state index contributed by atoms with van der Waals surface area (Å²) in [5, 5.41) is 0. The molecule has 0 atom stereocenters. The number of fused-ring (bicyclic) bond motifs is 1. The lowest BCUT2D eigenvalue weighted by Crippen LogP contribution is -2.05. The van der Waals surface area contributed by atoms with Gasteiger partial charge in [-0.25, -0.2) is 0 Å². The van der Waals surface area contributed by atoms with Crippen LogP contribution in [0.1, 0.15) is 5.69 Å². The number of nitrogens with two attached hydrogens (primary N) is 1. The lowest BCUT2D eigenvalue weighted by Gasteiger charge is -2.00. The summed E-state index contributed by atoms with van der Waals surface area (Å²) in [5.74, 6) is 0. The third-order valence-corrected chi connectivity index (χ3v) is 1.91. The third kappa shape index (κ3) is 1.08. The Balaban J connectivity index is 2.57. The Labute approximate surface area is 70.8 Å². The molecule has 0 aromatic carbocycles. The largest absolute Gasteiger partial charge is 0.330 e. The van der Waals surface area contributed by atoms with Crippen LogP contribution in [0, 0.1) is 0 Å². The summed E-state index contributed by atoms with van der Waals surface area (Å²) in [6.45, 7) is 0.651. The molecule has 0 aliphatic carbocycles. The van der Waals surface area contributed by atoms with Gasteiger partial charge in [0.25, 0.3) is 0 Å². The van der Waals surface area contributed by atoms with E-state index in [1.54, 1.807) is 6.20 Å². The second kappa shape index (κ2) is 2.95. The molecule has 0 bridgehead atoms. The molecule has 0 fully saturated rings. The van der Waals surface area contributed by atoms with Gasteiger partial charge in [-0.15, -0.1) is 0 Å². The quantitative estimate of drug-likeness (QED) is 0.709. The molecule has 2 N–H and O–H groups in total. The Morgan fingerprint density at radius 1 is 1.42 bits per heavy atom. The number of aromatic nitrogens is 2. The molecule has 2 aromatic heterocycles. The predicted octanol–water partition coefficient (Wildman–Crippen LogP) is 0.835. The van der Waals surface area contributed by atoms with Crippen LogP contribution < -0.4 is 5.73 Å². The highest BCUT2D eigenvalue weighted by Crippen LogP contribution is 2.08. The first-order valence-corrected chi connectivity index (χ1v) is 4.02. The van der Waals surface area contributed by atoms with E-state index in [0.29, 0.717) is 6.54 Å². The number of hydrogen-bond donors (Lipinski definition) is 1. The molecule has 12 heavy (non-hydrogen) atoms. The van der Waals surface area contributed by atoms with Crippen molar-refractivity contribution in [3.05, 3.63) is 36.4 Å². The zero-order valence-electron chi connectivity index (χ0n) is 6.77. The standard InChI is InChI=1S/C9H11N3/c10-4-3-8-9-2-1-6-12(9)7-5-11-8/h1-2,5-7H,3-4,10H2. The van der Waals surface area contributed by atoms with Crippen molar-refractivity contribution in [2.75, 3.05) is 6.54 Å². The maximum Gasteiger partial charge on any atom is 0.0667 e. The molecule has 0 aliphatic rings. The van der Waals surface area contributed by atoms with E-state index in [1.165, 1.54) is 0 Å². The number of rotatable bonds is 2. The maximum atomic E-state index is 5.47. The van der Waals surface area contributed by atoms with Gasteiger partial charge >= 0.3 is 0 Å². The van der Waals surface area contributed by atoms with E-state index >= 15 is 0 Å². The highest BCUT2D eigenvalue weighted by atomic mass is 14.9. The van der Waals surface area contributed by atoms with E-state index < -0.39 is 0 Å². The topological polar surface area (TPSA) is 43.3 Å². The molecule has 2 aromatic rings. The fraction of sp³-hybridized carbons (Fsp3) is 0.222. The van der Waals surface area contributed by atoms with Crippen LogP contribution in [0.25, 0.3) is 5.52 Å². The Bertz CT molecular complexity index is 378. The van der Waals surface area contributed by atoms with Crippen LogP contribution >= 0.6 is 0 Å². The van der Waals surface area contributed by atoms with Gasteiger partial charge in [0, 0.05) is 25.0 Å². The summed E-state index contributed by atoms with van der Waals surface area (Å²) in [7, 11) is 0. The molecule has 3 heteroatoms. The van der Waals surface area contributed by atoms with E-state index in [0.717, 1.165) is 17.6 Å². The zero-order valence-corrected chi connectivity index (χ0v) is 6.77. The highest BCUT2D eigenvalue weighted by molar-refractivity contribution is 5.51. The zero-order chi connectivity index (χ0) is 8.39. The van der Waals surface area contributed by atoms with Gasteiger partial charge in [0.05, 0.1) is 11.2 Å². The highest BCUT2D eigenvalue weighted by Gasteiger charge is 1.99. The van der Waals surface area contributed by atoms with E-state index in [4.69, 9.17) is 5.73 Å². The van der Waals surface area contributed by atoms with Crippen molar-refractivity contribution >= 4 is 5.52 Å². The van der Waals surface area contributed by atoms with Gasteiger partial charge in [-0.05, 0) is 18.7 Å². The van der Waals surface area contributed by atoms with Crippen molar-refractivity contribution in [2.45, 2.75) is 6.42 Å². The minimum absolute atomic E-state index is 0.651. The Morgan fingerprint density at radius 2 is 2.33 bits per heavy atom. The fourth-order valence-electron chi connectivity index (χ4n) is 1.36. The van der Waals surface area contributed by atoms with Crippen LogP contribution in [0.4, 0.5) is 0 Å². The molecule has 0 amide bonds. The minimum atomic E-state index is 0.651. The normalized spacial score (nSPS) is 10.8. The van der Waals surface area contributed by atoms with E-state index in [-0.39, 0.29) is 0 Å². The molecular weight excluding hydrogens is 150 g/mol. The Hall–Kier alpha value is -1.35. The van der Waals surface area contributed by atoms with Crippen molar-refractivity contribution < 1.29 is 0 Å². The van der Waals surface area contributed by atoms with E-state index in [9.17, 15) is 0 Å². The van der Waals surface area contributed by atoms with Crippen molar-refractivity contribution in [2.24, 2.45) is 5.73 Å². The van der Waals surface area contributed by atoms with E-state index in [1.807, 2.05) is 18.5 Å². The Morgan fingerprint density at radius 3 is 3.17 bits per heavy atom. The molecule has 62 valence electrons. The summed E-state index contributed by atoms with van der Waals surface area (Å²) >= 11 is 0. The van der Waals surface area contributed by atoms with E-state index in [2.05, 4.69) is 15.5 Å². The van der Waals surface area contributed by atoms with Gasteiger partial charge < -0.3 is 10.1 Å². The number of hydrogen-bond acceptors (Lipinski definition) is 2. The van der Waals surface area contributed by atoms with Gasteiger partial charge in [-0.1, -0.05) is 0 Å². The first kappa shape index (κ1) is 7.31. The summed E-state index contributed by atoms with van der Waals surface area (Å²) < 4.78 is 2.05. The molecule has 2 heterocycles. The maximum absolute atomic E-state index is 5.47. The van der Waals surface area contributed by atoms with Gasteiger partial charge in [0.2, 0.25) is 0 Å². The SMILES string of the molecule is NCCc1nccn2cccc12. The second-order valence-corrected chi connectivity index (χ2v) is 2.71. The third-order valence-electron chi connectivity index (χ3n) is 1.91. The monoisotopic (exact) mass is 161 g/mol. The Kier molecular flexibility index (Phi) is 1.80. The molecule has 0 saturated carbocycles. The van der Waals surface area contributed by atoms with Crippen LogP contribution in [0.3, 0.4) is 0 Å². The van der Waals surface area contributed by atoms with Crippen molar-refractivity contribution in [1.82, 2.24) is 9.38 Å². The average molecular weight is 161 g/mol. The van der Waals surface area contributed by atoms with Gasteiger partial charge in [0.1, 0.15) is 0 Å². The average Bonchev–Trinajstić information content (AvgIpc) is 2.53. The van der Waals surface area contributed by atoms with Crippen LogP contribution in [0.2, 0.25) is 0 Å². The first-order chi connectivity index (χ1) is 5.92. The summed E-state index contributed by atoms with van der Waals surface area (Å²) in [4.78, 5) is 4.27. The summed E-state index contributed by atoms with van der Waals surface area (Å²) in [6.07, 6.45) is 6.60. The van der Waals surface area contributed by atoms with Crippen molar-refractivity contribution in [1.29, 1.82) is 0 Å². The predicted molar refractivity (Wildman–Crippen MR) is 48.0 cm³/mol. The molecule has 3 nitrogen and oxygen atoms in total. The fourth-order valence-corrected chi connectivity index (χ4v) is 1.36. The lowest BCUT2D eigenvalue weighted by atomic mass is 10.3. The number of nitrogens with zero attached hydrogens (tertiary/aromatic N) is 2. The molecule has 0 saturated heterocycles. The minimum Gasteiger partial charge on any atom is -0.330 e. The van der Waals surface area contributed by atoms with Crippen LogP contribution in [0.15, 0.2) is 30.7 Å². The molecule has 0 spiro atoms. The molecule has 2 rings (SSSR count). The first-order valence-electron chi connectivity index (χ1n) is 4.02. The van der Waals surface area contributed by atoms with Gasteiger partial charge in [0.15, 0.2) is 0 Å². The molecular formula is C9H11N3. The van der Waals surface area contributed by atoms with Crippen LogP contribution in [-0.2, 0) is 6.42 Å². The molecule has 0 aliphatic heterocycles. The van der Waals surface area contributed by atoms with Gasteiger partial charge in [-0.3, -0.25) is 4.98 Å². The smallest absolute Gasteiger partial charge is 0.0667 e. The second-order valence-electron chi connectivity index (χ2n) is 2.71. The lowest BCUT2D eigenvalue weighted by molar-refractivity contribution is 0.916. The van der Waals surface area contributed by atoms with Gasteiger partial charge in [-0.2, -0.15) is 0 Å². The van der Waals surface area contributed by atoms with Crippen LogP contribution in [0.5, 0.6) is 0 Å². The van der Waals surface area contributed by atoms with Crippen molar-refractivity contribution in [3.8, 4) is 0 Å². The van der Waals surface area contributed by atoms with Crippen LogP contribution in [-0.4, -0.2) is 15.9 Å². The van der Waals surface area contributed by atoms with Crippen molar-refractivity contribution in [3.63, 3.8) is 0 Å². The molecule has 0 unspecified atom stereocenters. The summed E-state index contributed by atoms with van der Waals surface area (Å²) in [6, 6.07) is 4.06. The summed E-state index contributed by atoms with van der Waals surface area (Å²) in [5.41, 5.74) is 7.70. The molecule has 0 radical (unpaired) electrons.